The zero-order valence-corrected chi connectivity index (χ0v) is 21.8. The van der Waals surface area contributed by atoms with E-state index in [1.807, 2.05) is 68.5 Å². The number of nitrogens with zero attached hydrogens (tertiary/aromatic N) is 2. The molecule has 0 spiro atoms. The van der Waals surface area contributed by atoms with E-state index in [0.717, 1.165) is 21.3 Å². The van der Waals surface area contributed by atoms with Crippen LogP contribution in [-0.2, 0) is 9.53 Å². The molecular formula is C26H25BrN2O4S. The van der Waals surface area contributed by atoms with Crippen LogP contribution in [-0.4, -0.2) is 23.2 Å². The van der Waals surface area contributed by atoms with Crippen LogP contribution in [0.25, 0.3) is 6.08 Å². The molecule has 0 aliphatic carbocycles. The molecule has 176 valence electrons. The van der Waals surface area contributed by atoms with E-state index in [0.29, 0.717) is 20.6 Å². The molecule has 0 unspecified atom stereocenters. The molecule has 1 aromatic heterocycles. The number of carbonyl (C=O) groups is 1. The van der Waals surface area contributed by atoms with Crippen molar-refractivity contribution in [2.45, 2.75) is 39.8 Å². The molecule has 0 saturated heterocycles. The van der Waals surface area contributed by atoms with Crippen LogP contribution in [0.3, 0.4) is 0 Å². The third kappa shape index (κ3) is 4.93. The van der Waals surface area contributed by atoms with Gasteiger partial charge < -0.3 is 9.47 Å². The SMILES string of the molecule is CCOC(=O)C1=C(C)N=c2s/c(=C\c3ccc(Br)cc3)c(=O)n2[C@H]1c1ccc(OC(C)C)cc1. The third-order valence-corrected chi connectivity index (χ3v) is 6.76. The number of halogens is 1. The second-order valence-corrected chi connectivity index (χ2v) is 10.0. The van der Waals surface area contributed by atoms with Crippen LogP contribution in [0.4, 0.5) is 0 Å². The second kappa shape index (κ2) is 10.1. The van der Waals surface area contributed by atoms with Crippen molar-refractivity contribution in [3.8, 4) is 5.75 Å². The molecule has 1 atom stereocenters. The number of benzene rings is 2. The van der Waals surface area contributed by atoms with Crippen LogP contribution in [0, 0.1) is 0 Å². The van der Waals surface area contributed by atoms with Gasteiger partial charge in [-0.15, -0.1) is 0 Å². The molecule has 0 bridgehead atoms. The van der Waals surface area contributed by atoms with Crippen molar-refractivity contribution in [1.29, 1.82) is 0 Å². The lowest BCUT2D eigenvalue weighted by molar-refractivity contribution is -0.139. The highest BCUT2D eigenvalue weighted by atomic mass is 79.9. The van der Waals surface area contributed by atoms with Crippen molar-refractivity contribution in [2.24, 2.45) is 4.99 Å². The Hall–Kier alpha value is -2.97. The van der Waals surface area contributed by atoms with Gasteiger partial charge in [0.1, 0.15) is 5.75 Å². The average Bonchev–Trinajstić information content (AvgIpc) is 3.09. The van der Waals surface area contributed by atoms with Gasteiger partial charge in [0.25, 0.3) is 5.56 Å². The first-order valence-corrected chi connectivity index (χ1v) is 12.6. The van der Waals surface area contributed by atoms with Crippen LogP contribution in [0.2, 0.25) is 0 Å². The van der Waals surface area contributed by atoms with Gasteiger partial charge in [0.2, 0.25) is 0 Å². The van der Waals surface area contributed by atoms with Gasteiger partial charge >= 0.3 is 5.97 Å². The number of hydrogen-bond acceptors (Lipinski definition) is 6. The molecule has 3 aromatic rings. The number of aromatic nitrogens is 1. The van der Waals surface area contributed by atoms with Crippen LogP contribution >= 0.6 is 27.3 Å². The second-order valence-electron chi connectivity index (χ2n) is 8.09. The maximum absolute atomic E-state index is 13.6. The number of thiazole rings is 1. The summed E-state index contributed by atoms with van der Waals surface area (Å²) in [6.07, 6.45) is 1.88. The van der Waals surface area contributed by atoms with Crippen LogP contribution in [0.15, 0.2) is 74.1 Å². The van der Waals surface area contributed by atoms with Gasteiger partial charge in [0, 0.05) is 4.47 Å². The summed E-state index contributed by atoms with van der Waals surface area (Å²) in [7, 11) is 0. The van der Waals surface area contributed by atoms with E-state index < -0.39 is 12.0 Å². The summed E-state index contributed by atoms with van der Waals surface area (Å²) in [6, 6.07) is 14.5. The van der Waals surface area contributed by atoms with E-state index in [4.69, 9.17) is 9.47 Å². The minimum absolute atomic E-state index is 0.0411. The lowest BCUT2D eigenvalue weighted by Crippen LogP contribution is -2.39. The fourth-order valence-electron chi connectivity index (χ4n) is 3.82. The molecular weight excluding hydrogens is 516 g/mol. The molecule has 2 heterocycles. The molecule has 34 heavy (non-hydrogen) atoms. The largest absolute Gasteiger partial charge is 0.491 e. The fraction of sp³-hybridized carbons (Fsp3) is 0.269. The monoisotopic (exact) mass is 540 g/mol. The first-order valence-electron chi connectivity index (χ1n) is 11.0. The molecule has 2 aromatic carbocycles. The molecule has 8 heteroatoms. The van der Waals surface area contributed by atoms with Gasteiger partial charge in [-0.3, -0.25) is 9.36 Å². The predicted molar refractivity (Wildman–Crippen MR) is 137 cm³/mol. The van der Waals surface area contributed by atoms with Crippen molar-refractivity contribution >= 4 is 39.3 Å². The van der Waals surface area contributed by atoms with Gasteiger partial charge in [-0.05, 0) is 69.2 Å². The summed E-state index contributed by atoms with van der Waals surface area (Å²) < 4.78 is 14.2. The Morgan fingerprint density at radius 1 is 1.18 bits per heavy atom. The highest BCUT2D eigenvalue weighted by Crippen LogP contribution is 2.31. The molecule has 0 N–H and O–H groups in total. The summed E-state index contributed by atoms with van der Waals surface area (Å²) >= 11 is 4.74. The van der Waals surface area contributed by atoms with E-state index >= 15 is 0 Å². The first-order chi connectivity index (χ1) is 16.3. The highest BCUT2D eigenvalue weighted by molar-refractivity contribution is 9.10. The maximum atomic E-state index is 13.6. The van der Waals surface area contributed by atoms with Crippen LogP contribution < -0.4 is 19.6 Å². The van der Waals surface area contributed by atoms with E-state index in [1.54, 1.807) is 18.4 Å². The van der Waals surface area contributed by atoms with Gasteiger partial charge in [0.15, 0.2) is 4.80 Å². The van der Waals surface area contributed by atoms with Crippen molar-refractivity contribution in [2.75, 3.05) is 6.61 Å². The number of carbonyl (C=O) groups excluding carboxylic acids is 1. The number of allylic oxidation sites excluding steroid dienone is 1. The third-order valence-electron chi connectivity index (χ3n) is 5.25. The van der Waals surface area contributed by atoms with Gasteiger partial charge in [0.05, 0.1) is 34.6 Å². The topological polar surface area (TPSA) is 69.9 Å². The van der Waals surface area contributed by atoms with E-state index in [-0.39, 0.29) is 18.3 Å². The Balaban J connectivity index is 1.89. The van der Waals surface area contributed by atoms with Crippen LogP contribution in [0.5, 0.6) is 5.75 Å². The van der Waals surface area contributed by atoms with E-state index in [9.17, 15) is 9.59 Å². The quantitative estimate of drug-likeness (QED) is 0.436. The standard InChI is InChI=1S/C26H25BrN2O4S/c1-5-32-25(31)22-16(4)28-26-29(23(22)18-8-12-20(13-9-18)33-15(2)3)24(30)21(34-26)14-17-6-10-19(27)11-7-17/h6-15,23H,5H2,1-4H3/b21-14-/t23-/m0/s1. The average molecular weight is 541 g/mol. The Morgan fingerprint density at radius 2 is 1.85 bits per heavy atom. The summed E-state index contributed by atoms with van der Waals surface area (Å²) in [5.74, 6) is 0.248. The lowest BCUT2D eigenvalue weighted by atomic mass is 9.96. The minimum Gasteiger partial charge on any atom is -0.491 e. The minimum atomic E-state index is -0.643. The van der Waals surface area contributed by atoms with Gasteiger partial charge in [-0.1, -0.05) is 51.5 Å². The molecule has 1 aliphatic rings. The van der Waals surface area contributed by atoms with Gasteiger partial charge in [-0.25, -0.2) is 9.79 Å². The van der Waals surface area contributed by atoms with Crippen LogP contribution in [0.1, 0.15) is 44.9 Å². The first kappa shape index (κ1) is 24.2. The molecule has 0 amide bonds. The Bertz CT molecular complexity index is 1420. The summed E-state index contributed by atoms with van der Waals surface area (Å²) in [6.45, 7) is 7.69. The maximum Gasteiger partial charge on any atom is 0.338 e. The highest BCUT2D eigenvalue weighted by Gasteiger charge is 2.33. The number of rotatable bonds is 6. The Labute approximate surface area is 210 Å². The van der Waals surface area contributed by atoms with Crippen molar-refractivity contribution in [1.82, 2.24) is 4.57 Å². The lowest BCUT2D eigenvalue weighted by Gasteiger charge is -2.25. The van der Waals surface area contributed by atoms with Crippen molar-refractivity contribution < 1.29 is 14.3 Å². The fourth-order valence-corrected chi connectivity index (χ4v) is 5.13. The summed E-state index contributed by atoms with van der Waals surface area (Å²) in [4.78, 5) is 31.7. The Morgan fingerprint density at radius 3 is 2.47 bits per heavy atom. The molecule has 1 aliphatic heterocycles. The molecule has 0 saturated carbocycles. The predicted octanol–water partition coefficient (Wildman–Crippen LogP) is 4.35. The smallest absolute Gasteiger partial charge is 0.338 e. The molecule has 0 fully saturated rings. The van der Waals surface area contributed by atoms with Crippen molar-refractivity contribution in [3.05, 3.63) is 95.1 Å². The zero-order valence-electron chi connectivity index (χ0n) is 19.4. The van der Waals surface area contributed by atoms with Gasteiger partial charge in [-0.2, -0.15) is 0 Å². The van der Waals surface area contributed by atoms with E-state index in [2.05, 4.69) is 20.9 Å². The number of ether oxygens (including phenoxy) is 2. The van der Waals surface area contributed by atoms with E-state index in [1.165, 1.54) is 11.3 Å². The number of hydrogen-bond donors (Lipinski definition) is 0. The normalized spacial score (nSPS) is 15.8. The summed E-state index contributed by atoms with van der Waals surface area (Å²) in [5.41, 5.74) is 2.39. The number of fused-ring (bicyclic) bond motifs is 1. The van der Waals surface area contributed by atoms with Crippen molar-refractivity contribution in [3.63, 3.8) is 0 Å². The molecule has 4 rings (SSSR count). The number of esters is 1. The molecule has 6 nitrogen and oxygen atoms in total. The Kier molecular flexibility index (Phi) is 7.19. The molecule has 0 radical (unpaired) electrons. The summed E-state index contributed by atoms with van der Waals surface area (Å²) in [5, 5.41) is 0. The zero-order chi connectivity index (χ0) is 24.4.